The lowest BCUT2D eigenvalue weighted by Crippen LogP contribution is -2.44. The number of nitrogens with zero attached hydrogens (tertiary/aromatic N) is 1. The summed E-state index contributed by atoms with van der Waals surface area (Å²) in [4.78, 5) is 15.6. The number of ether oxygens (including phenoxy) is 3. The van der Waals surface area contributed by atoms with Gasteiger partial charge in [-0.15, -0.1) is 24.0 Å². The highest BCUT2D eigenvalue weighted by Crippen LogP contribution is 2.07. The average molecular weight is 444 g/mol. The average Bonchev–Trinajstić information content (AvgIpc) is 3.03. The Labute approximate surface area is 155 Å². The summed E-state index contributed by atoms with van der Waals surface area (Å²) in [6.45, 7) is 4.12. The van der Waals surface area contributed by atoms with Gasteiger partial charge in [-0.3, -0.25) is 9.79 Å². The van der Waals surface area contributed by atoms with Gasteiger partial charge in [0.1, 0.15) is 0 Å². The van der Waals surface area contributed by atoms with E-state index in [2.05, 4.69) is 20.9 Å². The Bertz CT molecular complexity index is 339. The predicted molar refractivity (Wildman–Crippen MR) is 99.5 cm³/mol. The molecule has 1 unspecified atom stereocenters. The van der Waals surface area contributed by atoms with Crippen LogP contribution in [0.15, 0.2) is 4.99 Å². The molecule has 0 spiro atoms. The molecule has 0 aromatic carbocycles. The molecule has 1 fully saturated rings. The molecule has 0 aliphatic carbocycles. The Morgan fingerprint density at radius 3 is 2.74 bits per heavy atom. The van der Waals surface area contributed by atoms with E-state index in [0.717, 1.165) is 26.0 Å². The second-order valence-electron chi connectivity index (χ2n) is 4.91. The van der Waals surface area contributed by atoms with Crippen molar-refractivity contribution in [2.75, 3.05) is 60.2 Å². The van der Waals surface area contributed by atoms with Gasteiger partial charge in [0.15, 0.2) is 5.96 Å². The summed E-state index contributed by atoms with van der Waals surface area (Å²) < 4.78 is 15.8. The Morgan fingerprint density at radius 2 is 2.09 bits per heavy atom. The molecule has 0 aromatic rings. The van der Waals surface area contributed by atoms with Gasteiger partial charge in [0.05, 0.1) is 25.9 Å². The summed E-state index contributed by atoms with van der Waals surface area (Å²) in [5, 5.41) is 8.82. The highest BCUT2D eigenvalue weighted by atomic mass is 127. The molecular weight excluding hydrogens is 415 g/mol. The van der Waals surface area contributed by atoms with E-state index in [-0.39, 0.29) is 42.5 Å². The molecule has 1 aliphatic heterocycles. The number of guanidine groups is 1. The van der Waals surface area contributed by atoms with Gasteiger partial charge in [0.25, 0.3) is 0 Å². The van der Waals surface area contributed by atoms with Crippen molar-refractivity contribution in [1.82, 2.24) is 16.0 Å². The maximum absolute atomic E-state index is 11.5. The first-order valence-electron chi connectivity index (χ1n) is 7.65. The third kappa shape index (κ3) is 11.5. The molecule has 1 amide bonds. The van der Waals surface area contributed by atoms with Gasteiger partial charge in [0.2, 0.25) is 5.91 Å². The van der Waals surface area contributed by atoms with Crippen molar-refractivity contribution in [3.63, 3.8) is 0 Å². The number of carbonyl (C=O) groups excluding carboxylic acids is 1. The zero-order valence-electron chi connectivity index (χ0n) is 13.9. The lowest BCUT2D eigenvalue weighted by atomic mass is 10.3. The quantitative estimate of drug-likeness (QED) is 0.186. The van der Waals surface area contributed by atoms with E-state index < -0.39 is 0 Å². The van der Waals surface area contributed by atoms with E-state index in [4.69, 9.17) is 14.2 Å². The van der Waals surface area contributed by atoms with Gasteiger partial charge in [0, 0.05) is 40.5 Å². The first-order chi connectivity index (χ1) is 10.8. The summed E-state index contributed by atoms with van der Waals surface area (Å²) in [6.07, 6.45) is 2.10. The number of methoxy groups -OCH3 is 1. The number of rotatable bonds is 10. The molecule has 0 bridgehead atoms. The smallest absolute Gasteiger partial charge is 0.239 e. The van der Waals surface area contributed by atoms with Gasteiger partial charge in [-0.05, 0) is 12.8 Å². The zero-order chi connectivity index (χ0) is 16.0. The van der Waals surface area contributed by atoms with Crippen molar-refractivity contribution >= 4 is 35.8 Å². The monoisotopic (exact) mass is 444 g/mol. The van der Waals surface area contributed by atoms with Gasteiger partial charge >= 0.3 is 0 Å². The molecule has 23 heavy (non-hydrogen) atoms. The van der Waals surface area contributed by atoms with Crippen LogP contribution in [0.5, 0.6) is 0 Å². The van der Waals surface area contributed by atoms with Crippen molar-refractivity contribution < 1.29 is 19.0 Å². The minimum atomic E-state index is -0.0930. The van der Waals surface area contributed by atoms with E-state index in [0.29, 0.717) is 32.3 Å². The Balaban J connectivity index is 0.00000484. The lowest BCUT2D eigenvalue weighted by Gasteiger charge is -2.13. The van der Waals surface area contributed by atoms with E-state index in [1.807, 2.05) is 0 Å². The first kappa shape index (κ1) is 22.4. The van der Waals surface area contributed by atoms with Crippen LogP contribution in [-0.4, -0.2) is 78.2 Å². The SMILES string of the molecule is CN=C(NCCCOC1CCOC1)NCC(=O)NCCOC.I. The van der Waals surface area contributed by atoms with Crippen LogP contribution in [0.3, 0.4) is 0 Å². The molecule has 0 aromatic heterocycles. The number of halogens is 1. The molecule has 1 aliphatic rings. The molecule has 1 rings (SSSR count). The molecule has 1 atom stereocenters. The predicted octanol–water partition coefficient (Wildman–Crippen LogP) is -0.272. The topological polar surface area (TPSA) is 93.2 Å². The molecule has 1 heterocycles. The molecule has 0 radical (unpaired) electrons. The fraction of sp³-hybridized carbons (Fsp3) is 0.857. The van der Waals surface area contributed by atoms with Crippen molar-refractivity contribution in [2.24, 2.45) is 4.99 Å². The molecule has 0 saturated carbocycles. The van der Waals surface area contributed by atoms with Crippen molar-refractivity contribution in [3.05, 3.63) is 0 Å². The number of aliphatic imine (C=N–C) groups is 1. The molecule has 1 saturated heterocycles. The first-order valence-corrected chi connectivity index (χ1v) is 7.65. The number of hydrogen-bond donors (Lipinski definition) is 3. The highest BCUT2D eigenvalue weighted by molar-refractivity contribution is 14.0. The standard InChI is InChI=1S/C14H28N4O4.HI/c1-15-14(18-10-13(19)16-6-9-20-2)17-5-3-7-22-12-4-8-21-11-12;/h12H,3-11H2,1-2H3,(H,16,19)(H2,15,17,18);1H. The fourth-order valence-corrected chi connectivity index (χ4v) is 1.91. The van der Waals surface area contributed by atoms with Crippen LogP contribution in [-0.2, 0) is 19.0 Å². The largest absolute Gasteiger partial charge is 0.383 e. The molecule has 3 N–H and O–H groups in total. The van der Waals surface area contributed by atoms with E-state index in [9.17, 15) is 4.79 Å². The van der Waals surface area contributed by atoms with E-state index in [1.54, 1.807) is 14.2 Å². The highest BCUT2D eigenvalue weighted by Gasteiger charge is 2.15. The third-order valence-electron chi connectivity index (χ3n) is 3.12. The summed E-state index contributed by atoms with van der Waals surface area (Å²) in [7, 11) is 3.27. The number of nitrogens with one attached hydrogen (secondary N) is 3. The number of amides is 1. The minimum Gasteiger partial charge on any atom is -0.383 e. The molecule has 9 heteroatoms. The van der Waals surface area contributed by atoms with Crippen LogP contribution in [0.1, 0.15) is 12.8 Å². The van der Waals surface area contributed by atoms with Crippen LogP contribution in [0.2, 0.25) is 0 Å². The third-order valence-corrected chi connectivity index (χ3v) is 3.12. The second-order valence-corrected chi connectivity index (χ2v) is 4.91. The van der Waals surface area contributed by atoms with E-state index >= 15 is 0 Å². The van der Waals surface area contributed by atoms with Crippen molar-refractivity contribution in [2.45, 2.75) is 18.9 Å². The minimum absolute atomic E-state index is 0. The summed E-state index contributed by atoms with van der Waals surface area (Å²) in [6, 6.07) is 0. The molecule has 136 valence electrons. The van der Waals surface area contributed by atoms with Gasteiger partial charge in [-0.2, -0.15) is 0 Å². The van der Waals surface area contributed by atoms with Crippen LogP contribution < -0.4 is 16.0 Å². The van der Waals surface area contributed by atoms with Gasteiger partial charge < -0.3 is 30.2 Å². The Morgan fingerprint density at radius 1 is 1.26 bits per heavy atom. The molecular formula is C14H29IN4O4. The zero-order valence-corrected chi connectivity index (χ0v) is 16.3. The lowest BCUT2D eigenvalue weighted by molar-refractivity contribution is -0.120. The van der Waals surface area contributed by atoms with Gasteiger partial charge in [-0.25, -0.2) is 0 Å². The summed E-state index contributed by atoms with van der Waals surface area (Å²) in [5.74, 6) is 0.510. The van der Waals surface area contributed by atoms with Crippen LogP contribution in [0.25, 0.3) is 0 Å². The number of hydrogen-bond acceptors (Lipinski definition) is 5. The van der Waals surface area contributed by atoms with Crippen LogP contribution >= 0.6 is 24.0 Å². The maximum Gasteiger partial charge on any atom is 0.239 e. The molecule has 8 nitrogen and oxygen atoms in total. The maximum atomic E-state index is 11.5. The van der Waals surface area contributed by atoms with Gasteiger partial charge in [-0.1, -0.05) is 0 Å². The Kier molecular flexibility index (Phi) is 14.5. The van der Waals surface area contributed by atoms with E-state index in [1.165, 1.54) is 0 Å². The van der Waals surface area contributed by atoms with Crippen LogP contribution in [0, 0.1) is 0 Å². The van der Waals surface area contributed by atoms with Crippen molar-refractivity contribution in [1.29, 1.82) is 0 Å². The number of carbonyl (C=O) groups is 1. The van der Waals surface area contributed by atoms with Crippen molar-refractivity contribution in [3.8, 4) is 0 Å². The summed E-state index contributed by atoms with van der Waals surface area (Å²) >= 11 is 0. The summed E-state index contributed by atoms with van der Waals surface area (Å²) in [5.41, 5.74) is 0. The fourth-order valence-electron chi connectivity index (χ4n) is 1.91. The Hall–Kier alpha value is -0.650. The normalized spacial score (nSPS) is 17.5. The second kappa shape index (κ2) is 14.9. The van der Waals surface area contributed by atoms with Crippen LogP contribution in [0.4, 0.5) is 0 Å².